The molecule has 1 fully saturated rings. The van der Waals surface area contributed by atoms with Gasteiger partial charge in [-0.15, -0.1) is 0 Å². The molecule has 1 saturated carbocycles. The van der Waals surface area contributed by atoms with Crippen molar-refractivity contribution in [1.82, 2.24) is 4.98 Å². The maximum absolute atomic E-state index is 14.4. The van der Waals surface area contributed by atoms with Gasteiger partial charge in [0.2, 0.25) is 0 Å². The average molecular weight is 342 g/mol. The van der Waals surface area contributed by atoms with Crippen LogP contribution < -0.4 is 0 Å². The molecule has 5 heteroatoms. The lowest BCUT2D eigenvalue weighted by molar-refractivity contribution is 0.0696. The molecule has 0 radical (unpaired) electrons. The largest absolute Gasteiger partial charge is 0.478 e. The van der Waals surface area contributed by atoms with Gasteiger partial charge in [-0.2, -0.15) is 0 Å². The molecule has 1 heterocycles. The number of carbonyl (C=O) groups is 1. The van der Waals surface area contributed by atoms with Crippen molar-refractivity contribution in [1.29, 1.82) is 0 Å². The average Bonchev–Trinajstić information content (AvgIpc) is 3.38. The van der Waals surface area contributed by atoms with Crippen LogP contribution in [0.3, 0.4) is 0 Å². The molecule has 3 aromatic rings. The number of hydrogen-bond donors (Lipinski definition) is 1. The van der Waals surface area contributed by atoms with Crippen LogP contribution >= 0.6 is 11.6 Å². The van der Waals surface area contributed by atoms with Crippen LogP contribution in [-0.2, 0) is 0 Å². The van der Waals surface area contributed by atoms with Gasteiger partial charge in [-0.1, -0.05) is 35.9 Å². The second kappa shape index (κ2) is 5.56. The zero-order chi connectivity index (χ0) is 16.8. The molecule has 1 aliphatic carbocycles. The maximum atomic E-state index is 14.4. The Morgan fingerprint density at radius 3 is 2.62 bits per heavy atom. The van der Waals surface area contributed by atoms with Crippen LogP contribution in [0.1, 0.15) is 34.8 Å². The SMILES string of the molecule is O=C(O)c1c(C2CC2)nc2cc(Cl)ccc2c1-c1ccccc1F. The molecule has 0 amide bonds. The summed E-state index contributed by atoms with van der Waals surface area (Å²) >= 11 is 6.07. The summed E-state index contributed by atoms with van der Waals surface area (Å²) < 4.78 is 14.4. The third-order valence-electron chi connectivity index (χ3n) is 4.30. The molecule has 0 bridgehead atoms. The fourth-order valence-corrected chi connectivity index (χ4v) is 3.24. The minimum Gasteiger partial charge on any atom is -0.478 e. The Morgan fingerprint density at radius 2 is 1.96 bits per heavy atom. The van der Waals surface area contributed by atoms with E-state index in [1.165, 1.54) is 6.07 Å². The fraction of sp³-hybridized carbons (Fsp3) is 0.158. The minimum absolute atomic E-state index is 0.0948. The highest BCUT2D eigenvalue weighted by molar-refractivity contribution is 6.31. The Bertz CT molecular complexity index is 983. The molecular weight excluding hydrogens is 329 g/mol. The summed E-state index contributed by atoms with van der Waals surface area (Å²) in [6, 6.07) is 11.3. The zero-order valence-corrected chi connectivity index (χ0v) is 13.3. The zero-order valence-electron chi connectivity index (χ0n) is 12.6. The number of benzene rings is 2. The first-order valence-corrected chi connectivity index (χ1v) is 8.05. The minimum atomic E-state index is -1.08. The standard InChI is InChI=1S/C19H13ClFNO2/c20-11-7-8-13-15(9-11)22-18(10-5-6-10)17(19(23)24)16(13)12-3-1-2-4-14(12)21/h1-4,7-10H,5-6H2,(H,23,24). The first-order valence-electron chi connectivity index (χ1n) is 7.67. The topological polar surface area (TPSA) is 50.2 Å². The van der Waals surface area contributed by atoms with Crippen molar-refractivity contribution < 1.29 is 14.3 Å². The van der Waals surface area contributed by atoms with Gasteiger partial charge in [-0.05, 0) is 31.0 Å². The Kier molecular flexibility index (Phi) is 3.50. The number of fused-ring (bicyclic) bond motifs is 1. The predicted molar refractivity (Wildman–Crippen MR) is 91.1 cm³/mol. The Hall–Kier alpha value is -2.46. The lowest BCUT2D eigenvalue weighted by Crippen LogP contribution is -2.08. The van der Waals surface area contributed by atoms with E-state index in [4.69, 9.17) is 11.6 Å². The first kappa shape index (κ1) is 15.1. The molecule has 24 heavy (non-hydrogen) atoms. The van der Waals surface area contributed by atoms with Gasteiger partial charge in [0.1, 0.15) is 5.82 Å². The van der Waals surface area contributed by atoms with Gasteiger partial charge >= 0.3 is 5.97 Å². The highest BCUT2D eigenvalue weighted by Gasteiger charge is 2.33. The van der Waals surface area contributed by atoms with Gasteiger partial charge in [0, 0.05) is 27.5 Å². The number of pyridine rings is 1. The third-order valence-corrected chi connectivity index (χ3v) is 4.53. The number of halogens is 2. The molecule has 4 rings (SSSR count). The summed E-state index contributed by atoms with van der Waals surface area (Å²) in [5.74, 6) is -1.42. The highest BCUT2D eigenvalue weighted by atomic mass is 35.5. The summed E-state index contributed by atoms with van der Waals surface area (Å²) in [7, 11) is 0. The number of nitrogens with zero attached hydrogens (tertiary/aromatic N) is 1. The molecular formula is C19H13ClFNO2. The van der Waals surface area contributed by atoms with Gasteiger partial charge in [0.25, 0.3) is 0 Å². The van der Waals surface area contributed by atoms with E-state index in [0.29, 0.717) is 27.2 Å². The molecule has 2 aromatic carbocycles. The Labute approximate surface area is 142 Å². The van der Waals surface area contributed by atoms with E-state index in [9.17, 15) is 14.3 Å². The van der Waals surface area contributed by atoms with E-state index < -0.39 is 11.8 Å². The normalized spacial score (nSPS) is 14.1. The predicted octanol–water partition coefficient (Wildman–Crippen LogP) is 5.27. The van der Waals surface area contributed by atoms with E-state index in [0.717, 1.165) is 12.8 Å². The number of aromatic carboxylic acids is 1. The second-order valence-corrected chi connectivity index (χ2v) is 6.40. The van der Waals surface area contributed by atoms with E-state index in [2.05, 4.69) is 4.98 Å². The lowest BCUT2D eigenvalue weighted by Gasteiger charge is -2.15. The van der Waals surface area contributed by atoms with Crippen LogP contribution in [0.5, 0.6) is 0 Å². The molecule has 0 atom stereocenters. The number of hydrogen-bond acceptors (Lipinski definition) is 2. The van der Waals surface area contributed by atoms with E-state index in [1.54, 1.807) is 36.4 Å². The van der Waals surface area contributed by atoms with Crippen LogP contribution in [0, 0.1) is 5.82 Å². The first-order chi connectivity index (χ1) is 11.6. The number of rotatable bonds is 3. The molecule has 120 valence electrons. The van der Waals surface area contributed by atoms with Crippen molar-refractivity contribution in [3.8, 4) is 11.1 Å². The summed E-state index contributed by atoms with van der Waals surface area (Å²) in [6.07, 6.45) is 1.80. The maximum Gasteiger partial charge on any atom is 0.338 e. The van der Waals surface area contributed by atoms with Gasteiger partial charge in [0.05, 0.1) is 16.8 Å². The summed E-state index contributed by atoms with van der Waals surface area (Å²) in [4.78, 5) is 16.5. The van der Waals surface area contributed by atoms with Gasteiger partial charge in [0.15, 0.2) is 0 Å². The van der Waals surface area contributed by atoms with Crippen LogP contribution in [0.25, 0.3) is 22.0 Å². The van der Waals surface area contributed by atoms with Crippen molar-refractivity contribution in [3.05, 3.63) is 64.6 Å². The van der Waals surface area contributed by atoms with Crippen molar-refractivity contribution >= 4 is 28.5 Å². The van der Waals surface area contributed by atoms with Gasteiger partial charge in [-0.25, -0.2) is 9.18 Å². The molecule has 3 nitrogen and oxygen atoms in total. The lowest BCUT2D eigenvalue weighted by atomic mass is 9.92. The third kappa shape index (κ3) is 2.43. The van der Waals surface area contributed by atoms with Crippen molar-refractivity contribution in [2.24, 2.45) is 0 Å². The summed E-state index contributed by atoms with van der Waals surface area (Å²) in [5.41, 5.74) is 1.86. The monoisotopic (exact) mass is 341 g/mol. The van der Waals surface area contributed by atoms with E-state index in [-0.39, 0.29) is 17.0 Å². The summed E-state index contributed by atoms with van der Waals surface area (Å²) in [6.45, 7) is 0. The van der Waals surface area contributed by atoms with Crippen molar-refractivity contribution in [2.75, 3.05) is 0 Å². The van der Waals surface area contributed by atoms with Crippen LogP contribution in [-0.4, -0.2) is 16.1 Å². The number of carboxylic acids is 1. The molecule has 0 unspecified atom stereocenters. The number of aromatic nitrogens is 1. The second-order valence-electron chi connectivity index (χ2n) is 5.97. The quantitative estimate of drug-likeness (QED) is 0.706. The Morgan fingerprint density at radius 1 is 1.21 bits per heavy atom. The van der Waals surface area contributed by atoms with Gasteiger partial charge in [-0.3, -0.25) is 4.98 Å². The van der Waals surface area contributed by atoms with E-state index in [1.807, 2.05) is 0 Å². The molecule has 0 aliphatic heterocycles. The van der Waals surface area contributed by atoms with Crippen molar-refractivity contribution in [3.63, 3.8) is 0 Å². The van der Waals surface area contributed by atoms with Gasteiger partial charge < -0.3 is 5.11 Å². The Balaban J connectivity index is 2.17. The van der Waals surface area contributed by atoms with Crippen LogP contribution in [0.15, 0.2) is 42.5 Å². The highest BCUT2D eigenvalue weighted by Crippen LogP contribution is 2.45. The van der Waals surface area contributed by atoms with Crippen molar-refractivity contribution in [2.45, 2.75) is 18.8 Å². The smallest absolute Gasteiger partial charge is 0.338 e. The molecule has 0 saturated heterocycles. The molecule has 0 spiro atoms. The number of carboxylic acid groups (broad SMARTS) is 1. The van der Waals surface area contributed by atoms with E-state index >= 15 is 0 Å². The molecule has 1 N–H and O–H groups in total. The molecule has 1 aliphatic rings. The van der Waals surface area contributed by atoms with Crippen LogP contribution in [0.2, 0.25) is 5.02 Å². The van der Waals surface area contributed by atoms with Crippen LogP contribution in [0.4, 0.5) is 4.39 Å². The fourth-order valence-electron chi connectivity index (χ4n) is 3.07. The summed E-state index contributed by atoms with van der Waals surface area (Å²) in [5, 5.41) is 10.9. The molecule has 1 aromatic heterocycles.